The van der Waals surface area contributed by atoms with Crippen molar-refractivity contribution < 1.29 is 19.4 Å². The molecule has 4 rings (SSSR count). The number of hydrogen-bond acceptors (Lipinski definition) is 4. The summed E-state index contributed by atoms with van der Waals surface area (Å²) in [6.45, 7) is 3.31. The van der Waals surface area contributed by atoms with Crippen LogP contribution < -0.4 is 10.1 Å². The number of nitrogens with one attached hydrogen (secondary N) is 1. The number of benzene rings is 2. The lowest BCUT2D eigenvalue weighted by Crippen LogP contribution is -2.16. The molecule has 0 aliphatic carbocycles. The van der Waals surface area contributed by atoms with Crippen molar-refractivity contribution in [2.45, 2.75) is 32.5 Å². The summed E-state index contributed by atoms with van der Waals surface area (Å²) in [5.74, 6) is 0.556. The van der Waals surface area contributed by atoms with Gasteiger partial charge in [-0.1, -0.05) is 0 Å². The van der Waals surface area contributed by atoms with E-state index in [4.69, 9.17) is 9.47 Å². The number of aliphatic hydroxyl groups excluding tert-OH is 1. The number of rotatable bonds is 6. The molecule has 2 aromatic carbocycles. The van der Waals surface area contributed by atoms with E-state index in [2.05, 4.69) is 5.32 Å². The van der Waals surface area contributed by atoms with Gasteiger partial charge in [0.05, 0.1) is 12.7 Å². The van der Waals surface area contributed by atoms with Gasteiger partial charge in [0.15, 0.2) is 0 Å². The summed E-state index contributed by atoms with van der Waals surface area (Å²) in [6, 6.07) is 12.9. The van der Waals surface area contributed by atoms with E-state index in [0.29, 0.717) is 12.2 Å². The van der Waals surface area contributed by atoms with Gasteiger partial charge in [0.1, 0.15) is 12.4 Å². The molecule has 6 nitrogen and oxygen atoms in total. The Morgan fingerprint density at radius 1 is 1.28 bits per heavy atom. The highest BCUT2D eigenvalue weighted by Gasteiger charge is 2.16. The zero-order valence-corrected chi connectivity index (χ0v) is 16.8. The van der Waals surface area contributed by atoms with E-state index in [1.54, 1.807) is 12.1 Å². The van der Waals surface area contributed by atoms with Crippen molar-refractivity contribution in [2.24, 2.45) is 7.05 Å². The van der Waals surface area contributed by atoms with Crippen molar-refractivity contribution >= 4 is 22.5 Å². The van der Waals surface area contributed by atoms with Gasteiger partial charge in [-0.25, -0.2) is 0 Å². The maximum atomic E-state index is 12.6. The van der Waals surface area contributed by atoms with Crippen LogP contribution in [0.4, 0.5) is 5.69 Å². The number of carbonyl (C=O) groups is 1. The van der Waals surface area contributed by atoms with E-state index in [-0.39, 0.29) is 18.6 Å². The molecule has 0 spiro atoms. The molecule has 0 bridgehead atoms. The molecule has 29 heavy (non-hydrogen) atoms. The second-order valence-corrected chi connectivity index (χ2v) is 7.45. The Kier molecular flexibility index (Phi) is 5.56. The van der Waals surface area contributed by atoms with Crippen molar-refractivity contribution in [2.75, 3.05) is 18.5 Å². The van der Waals surface area contributed by atoms with Crippen LogP contribution in [0.15, 0.2) is 42.5 Å². The van der Waals surface area contributed by atoms with Gasteiger partial charge in [-0.15, -0.1) is 0 Å². The highest BCUT2D eigenvalue weighted by Crippen LogP contribution is 2.28. The number of carbonyl (C=O) groups excluding carboxylic acids is 1. The minimum atomic E-state index is -0.175. The minimum absolute atomic E-state index is 0.0139. The van der Waals surface area contributed by atoms with E-state index < -0.39 is 0 Å². The molecule has 2 heterocycles. The van der Waals surface area contributed by atoms with Gasteiger partial charge in [-0.3, -0.25) is 4.79 Å². The number of aliphatic hydroxyl groups is 1. The molecule has 2 N–H and O–H groups in total. The van der Waals surface area contributed by atoms with Crippen LogP contribution in [-0.4, -0.2) is 34.9 Å². The number of amides is 1. The van der Waals surface area contributed by atoms with Crippen LogP contribution in [0.2, 0.25) is 0 Å². The number of aryl methyl sites for hydroxylation is 2. The Morgan fingerprint density at radius 2 is 2.07 bits per heavy atom. The van der Waals surface area contributed by atoms with Crippen LogP contribution in [0.25, 0.3) is 10.9 Å². The number of aromatic nitrogens is 1. The van der Waals surface area contributed by atoms with Crippen LogP contribution >= 0.6 is 0 Å². The van der Waals surface area contributed by atoms with Crippen LogP contribution in [0, 0.1) is 6.92 Å². The monoisotopic (exact) mass is 394 g/mol. The maximum absolute atomic E-state index is 12.6. The number of anilines is 1. The summed E-state index contributed by atoms with van der Waals surface area (Å²) in [7, 11) is 1.93. The van der Waals surface area contributed by atoms with Crippen molar-refractivity contribution in [1.82, 2.24) is 4.57 Å². The molecule has 1 aliphatic rings. The van der Waals surface area contributed by atoms with Crippen LogP contribution in [0.5, 0.6) is 5.75 Å². The van der Waals surface area contributed by atoms with E-state index in [0.717, 1.165) is 53.0 Å². The fourth-order valence-electron chi connectivity index (χ4n) is 3.85. The molecule has 1 aliphatic heterocycles. The fraction of sp³-hybridized carbons (Fsp3) is 0.348. The van der Waals surface area contributed by atoms with Gasteiger partial charge >= 0.3 is 0 Å². The van der Waals surface area contributed by atoms with Gasteiger partial charge in [-0.2, -0.15) is 0 Å². The molecule has 1 saturated heterocycles. The summed E-state index contributed by atoms with van der Waals surface area (Å²) in [6.07, 6.45) is 2.29. The second kappa shape index (κ2) is 8.27. The zero-order chi connectivity index (χ0) is 20.4. The number of nitrogens with zero attached hydrogens (tertiary/aromatic N) is 1. The predicted octanol–water partition coefficient (Wildman–Crippen LogP) is 3.79. The maximum Gasteiger partial charge on any atom is 0.255 e. The molecule has 1 fully saturated rings. The Labute approximate surface area is 170 Å². The van der Waals surface area contributed by atoms with E-state index in [1.807, 2.05) is 48.9 Å². The number of ether oxygens (including phenoxy) is 2. The second-order valence-electron chi connectivity index (χ2n) is 7.45. The molecule has 6 heteroatoms. The summed E-state index contributed by atoms with van der Waals surface area (Å²) in [5, 5.41) is 13.5. The molecule has 1 amide bonds. The van der Waals surface area contributed by atoms with Gasteiger partial charge in [0.25, 0.3) is 5.91 Å². The average Bonchev–Trinajstić information content (AvgIpc) is 3.34. The zero-order valence-electron chi connectivity index (χ0n) is 16.8. The molecule has 0 radical (unpaired) electrons. The largest absolute Gasteiger partial charge is 0.491 e. The average molecular weight is 394 g/mol. The van der Waals surface area contributed by atoms with E-state index in [9.17, 15) is 9.90 Å². The third kappa shape index (κ3) is 3.99. The molecule has 0 unspecified atom stereocenters. The van der Waals surface area contributed by atoms with Gasteiger partial charge in [0.2, 0.25) is 0 Å². The van der Waals surface area contributed by atoms with Crippen molar-refractivity contribution in [3.8, 4) is 5.75 Å². The Hall–Kier alpha value is -2.83. The quantitative estimate of drug-likeness (QED) is 0.667. The summed E-state index contributed by atoms with van der Waals surface area (Å²) < 4.78 is 13.3. The first-order chi connectivity index (χ1) is 14.1. The Bertz CT molecular complexity index is 1020. The topological polar surface area (TPSA) is 72.7 Å². The highest BCUT2D eigenvalue weighted by molar-refractivity contribution is 6.05. The van der Waals surface area contributed by atoms with Crippen LogP contribution in [0.1, 0.15) is 34.5 Å². The normalized spacial score (nSPS) is 16.3. The molecule has 3 aromatic rings. The standard InChI is InChI=1S/C23H26N2O4/c1-15-20-12-17(7-10-21(20)25(2)22(15)13-26)24-23(27)16-5-8-18(9-6-16)29-14-19-4-3-11-28-19/h5-10,12,19,26H,3-4,11,13-14H2,1-2H3,(H,24,27)/t19-/m0/s1. The Balaban J connectivity index is 1.44. The van der Waals surface area contributed by atoms with E-state index in [1.165, 1.54) is 0 Å². The third-order valence-electron chi connectivity index (χ3n) is 5.58. The van der Waals surface area contributed by atoms with Crippen LogP contribution in [-0.2, 0) is 18.4 Å². The molecule has 1 atom stereocenters. The first kappa shape index (κ1) is 19.5. The predicted molar refractivity (Wildman–Crippen MR) is 112 cm³/mol. The molecule has 0 saturated carbocycles. The first-order valence-electron chi connectivity index (χ1n) is 9.91. The van der Waals surface area contributed by atoms with Crippen molar-refractivity contribution in [3.05, 3.63) is 59.3 Å². The van der Waals surface area contributed by atoms with Gasteiger partial charge in [-0.05, 0) is 67.8 Å². The number of fused-ring (bicyclic) bond motifs is 1. The summed E-state index contributed by atoms with van der Waals surface area (Å²) in [4.78, 5) is 12.6. The van der Waals surface area contributed by atoms with Gasteiger partial charge < -0.3 is 24.5 Å². The molecule has 1 aromatic heterocycles. The lowest BCUT2D eigenvalue weighted by Gasteiger charge is -2.12. The minimum Gasteiger partial charge on any atom is -0.491 e. The molecule has 152 valence electrons. The lowest BCUT2D eigenvalue weighted by molar-refractivity contribution is 0.0679. The number of hydrogen-bond donors (Lipinski definition) is 2. The van der Waals surface area contributed by atoms with Crippen LogP contribution in [0.3, 0.4) is 0 Å². The summed E-state index contributed by atoms with van der Waals surface area (Å²) in [5.41, 5.74) is 4.21. The molecular formula is C23H26N2O4. The SMILES string of the molecule is Cc1c(CO)n(C)c2ccc(NC(=O)c3ccc(OC[C@@H]4CCCO4)cc3)cc12. The highest BCUT2D eigenvalue weighted by atomic mass is 16.5. The molecular weight excluding hydrogens is 368 g/mol. The van der Waals surface area contributed by atoms with Crippen molar-refractivity contribution in [1.29, 1.82) is 0 Å². The van der Waals surface area contributed by atoms with E-state index >= 15 is 0 Å². The fourth-order valence-corrected chi connectivity index (χ4v) is 3.85. The summed E-state index contributed by atoms with van der Waals surface area (Å²) >= 11 is 0. The Morgan fingerprint density at radius 3 is 2.76 bits per heavy atom. The first-order valence-corrected chi connectivity index (χ1v) is 9.91. The lowest BCUT2D eigenvalue weighted by atomic mass is 10.1. The smallest absolute Gasteiger partial charge is 0.255 e. The van der Waals surface area contributed by atoms with Crippen molar-refractivity contribution in [3.63, 3.8) is 0 Å². The third-order valence-corrected chi connectivity index (χ3v) is 5.58. The van der Waals surface area contributed by atoms with Gasteiger partial charge in [0, 0.05) is 41.5 Å².